The quantitative estimate of drug-likeness (QED) is 0.159. The van der Waals surface area contributed by atoms with Crippen LogP contribution in [0.2, 0.25) is 0 Å². The van der Waals surface area contributed by atoms with Gasteiger partial charge in [0, 0.05) is 65.5 Å². The van der Waals surface area contributed by atoms with E-state index in [-0.39, 0.29) is 0 Å². The Morgan fingerprint density at radius 1 is 0.390 bits per heavy atom. The van der Waals surface area contributed by atoms with Gasteiger partial charge in [-0.1, -0.05) is 140 Å². The second-order valence-corrected chi connectivity index (χ2v) is 14.5. The molecule has 6 heteroatoms. The minimum absolute atomic E-state index is 0.766. The van der Waals surface area contributed by atoms with Gasteiger partial charge in [0.2, 0.25) is 0 Å². The Balaban J connectivity index is 1.01. The van der Waals surface area contributed by atoms with Gasteiger partial charge in [-0.3, -0.25) is 14.5 Å². The number of hydrogen-bond acceptors (Lipinski definition) is 5. The molecule has 6 aromatic carbocycles. The second-order valence-electron chi connectivity index (χ2n) is 14.5. The van der Waals surface area contributed by atoms with E-state index in [0.717, 1.165) is 90.6 Å². The van der Waals surface area contributed by atoms with Gasteiger partial charge in [-0.05, 0) is 98.1 Å². The van der Waals surface area contributed by atoms with Gasteiger partial charge in [0.25, 0.3) is 0 Å². The Bertz CT molecular complexity index is 2800. The van der Waals surface area contributed by atoms with E-state index in [1.54, 1.807) is 12.4 Å². The first-order chi connectivity index (χ1) is 29.2. The van der Waals surface area contributed by atoms with Crippen molar-refractivity contribution in [3.63, 3.8) is 0 Å². The summed E-state index contributed by atoms with van der Waals surface area (Å²) in [7, 11) is 0. The third-order valence-electron chi connectivity index (χ3n) is 10.8. The fraction of sp³-hybridized carbons (Fsp3) is 0.0189. The highest BCUT2D eigenvalue weighted by Gasteiger charge is 2.18. The van der Waals surface area contributed by atoms with Gasteiger partial charge in [-0.25, -0.2) is 0 Å². The number of nitrogens with zero attached hydrogens (tertiary/aromatic N) is 5. The van der Waals surface area contributed by atoms with E-state index >= 15 is 0 Å². The number of rotatable bonds is 9. The molecule has 59 heavy (non-hydrogen) atoms. The molecule has 0 amide bonds. The summed E-state index contributed by atoms with van der Waals surface area (Å²) in [5.41, 5.74) is 16.5. The van der Waals surface area contributed by atoms with E-state index in [1.165, 1.54) is 11.1 Å². The lowest BCUT2D eigenvalue weighted by Gasteiger charge is -2.14. The van der Waals surface area contributed by atoms with Gasteiger partial charge in [0.05, 0.1) is 0 Å². The predicted molar refractivity (Wildman–Crippen MR) is 240 cm³/mol. The zero-order valence-corrected chi connectivity index (χ0v) is 32.2. The van der Waals surface area contributed by atoms with Gasteiger partial charge >= 0.3 is 0 Å². The molecule has 0 spiro atoms. The van der Waals surface area contributed by atoms with Crippen LogP contribution in [0.1, 0.15) is 5.56 Å². The highest BCUT2D eigenvalue weighted by Crippen LogP contribution is 2.34. The lowest BCUT2D eigenvalue weighted by Crippen LogP contribution is -2.08. The normalized spacial score (nSPS) is 12.2. The minimum atomic E-state index is 0.766. The van der Waals surface area contributed by atoms with Crippen molar-refractivity contribution in [2.45, 2.75) is 0 Å². The monoisotopic (exact) mass is 758 g/mol. The van der Waals surface area contributed by atoms with Gasteiger partial charge in [0.1, 0.15) is 0 Å². The molecule has 1 aliphatic rings. The van der Waals surface area contributed by atoms with Crippen LogP contribution in [0.4, 0.5) is 0 Å². The molecule has 0 bridgehead atoms. The van der Waals surface area contributed by atoms with E-state index < -0.39 is 0 Å². The maximum Gasteiger partial charge on any atom is 0.168 e. The molecule has 10 rings (SSSR count). The zero-order chi connectivity index (χ0) is 39.4. The number of allylic oxidation sites excluding steroid dienone is 2. The molecule has 0 saturated heterocycles. The van der Waals surface area contributed by atoms with Crippen molar-refractivity contribution in [3.8, 4) is 84.1 Å². The molecular weight excluding hydrogens is 721 g/mol. The minimum Gasteiger partial charge on any atom is -0.387 e. The summed E-state index contributed by atoms with van der Waals surface area (Å²) in [6.07, 6.45) is 13.8. The smallest absolute Gasteiger partial charge is 0.168 e. The summed E-state index contributed by atoms with van der Waals surface area (Å²) in [5.74, 6) is 1.53. The number of benzene rings is 6. The van der Waals surface area contributed by atoms with E-state index in [9.17, 15) is 0 Å². The van der Waals surface area contributed by atoms with Gasteiger partial charge in [0.15, 0.2) is 11.6 Å². The summed E-state index contributed by atoms with van der Waals surface area (Å²) in [6.45, 7) is 0.855. The van der Waals surface area contributed by atoms with Crippen LogP contribution in [0.5, 0.6) is 0 Å². The van der Waals surface area contributed by atoms with E-state index in [2.05, 4.69) is 196 Å². The summed E-state index contributed by atoms with van der Waals surface area (Å²) in [5, 5.41) is 13.0. The topological polar surface area (TPSA) is 68.5 Å². The molecule has 0 saturated carbocycles. The SMILES string of the molecule is C1=CC(c2cccc(-c3ccc(-n4c(-c5ccc(-c6cccc(-c7cccnc7)c6)cc5)nnc4-c4ccc(-c5cccc(-c6cccnc6)c5)cc4)cc3)c2)=CNC1. The molecule has 9 aromatic rings. The molecule has 4 heterocycles. The van der Waals surface area contributed by atoms with Crippen LogP contribution >= 0.6 is 0 Å². The van der Waals surface area contributed by atoms with Crippen molar-refractivity contribution in [3.05, 3.63) is 219 Å². The zero-order valence-electron chi connectivity index (χ0n) is 32.2. The highest BCUT2D eigenvalue weighted by atomic mass is 15.3. The van der Waals surface area contributed by atoms with Crippen molar-refractivity contribution in [1.29, 1.82) is 0 Å². The fourth-order valence-electron chi connectivity index (χ4n) is 7.68. The average Bonchev–Trinajstić information content (AvgIpc) is 3.78. The van der Waals surface area contributed by atoms with Crippen LogP contribution in [0.25, 0.3) is 89.7 Å². The van der Waals surface area contributed by atoms with Gasteiger partial charge in [-0.2, -0.15) is 0 Å². The molecular formula is C53H38N6. The molecule has 0 atom stereocenters. The summed E-state index contributed by atoms with van der Waals surface area (Å²) in [6, 6.07) is 59.8. The first-order valence-corrected chi connectivity index (χ1v) is 19.7. The molecule has 0 unspecified atom stereocenters. The van der Waals surface area contributed by atoms with Crippen molar-refractivity contribution in [2.24, 2.45) is 0 Å². The number of dihydropyridines is 1. The van der Waals surface area contributed by atoms with Crippen LogP contribution in [0, 0.1) is 0 Å². The Morgan fingerprint density at radius 2 is 0.797 bits per heavy atom. The fourth-order valence-corrected chi connectivity index (χ4v) is 7.68. The molecule has 1 aliphatic heterocycles. The first-order valence-electron chi connectivity index (χ1n) is 19.7. The van der Waals surface area contributed by atoms with Crippen molar-refractivity contribution >= 4 is 5.57 Å². The molecule has 0 aliphatic carbocycles. The molecule has 3 aromatic heterocycles. The summed E-state index contributed by atoms with van der Waals surface area (Å²) < 4.78 is 2.17. The Labute approximate surface area is 343 Å². The van der Waals surface area contributed by atoms with Crippen LogP contribution in [0.3, 0.4) is 0 Å². The number of hydrogen-bond donors (Lipinski definition) is 1. The first kappa shape index (κ1) is 35.5. The van der Waals surface area contributed by atoms with Crippen LogP contribution in [-0.4, -0.2) is 31.3 Å². The molecule has 6 nitrogen and oxygen atoms in total. The van der Waals surface area contributed by atoms with Crippen LogP contribution < -0.4 is 5.32 Å². The largest absolute Gasteiger partial charge is 0.387 e. The van der Waals surface area contributed by atoms with Crippen molar-refractivity contribution in [1.82, 2.24) is 30.0 Å². The summed E-state index contributed by atoms with van der Waals surface area (Å²) >= 11 is 0. The molecule has 280 valence electrons. The van der Waals surface area contributed by atoms with E-state index in [4.69, 9.17) is 10.2 Å². The Morgan fingerprint density at radius 3 is 1.24 bits per heavy atom. The molecule has 1 N–H and O–H groups in total. The van der Waals surface area contributed by atoms with Crippen molar-refractivity contribution < 1.29 is 0 Å². The van der Waals surface area contributed by atoms with Gasteiger partial charge < -0.3 is 5.32 Å². The molecule has 0 radical (unpaired) electrons. The highest BCUT2D eigenvalue weighted by molar-refractivity contribution is 5.80. The third-order valence-corrected chi connectivity index (χ3v) is 10.8. The number of pyridine rings is 2. The second kappa shape index (κ2) is 15.9. The number of aromatic nitrogens is 5. The maximum atomic E-state index is 4.85. The Hall–Kier alpha value is -7.96. The van der Waals surface area contributed by atoms with Crippen LogP contribution in [-0.2, 0) is 0 Å². The van der Waals surface area contributed by atoms with E-state index in [1.807, 2.05) is 24.5 Å². The average molecular weight is 759 g/mol. The van der Waals surface area contributed by atoms with Gasteiger partial charge in [-0.15, -0.1) is 10.2 Å². The lowest BCUT2D eigenvalue weighted by atomic mass is 9.98. The van der Waals surface area contributed by atoms with Crippen LogP contribution in [0.15, 0.2) is 213 Å². The third kappa shape index (κ3) is 7.39. The standard InChI is InChI=1S/C53H38N6/c1-7-42(31-45(10-1)48-13-4-28-54-34-48)37-16-20-40(21-17-37)52-57-58-53(41-22-18-38(19-23-41)43-8-2-11-46(32-43)49-14-5-29-55-35-49)59(52)51-26-24-39(25-27-51)44-9-3-12-47(33-44)50-15-6-30-56-36-50/h1-29,31-36,56H,30H2. The molecule has 0 fully saturated rings. The summed E-state index contributed by atoms with van der Waals surface area (Å²) in [4.78, 5) is 8.63. The van der Waals surface area contributed by atoms with E-state index in [0.29, 0.717) is 0 Å². The maximum absolute atomic E-state index is 4.85. The predicted octanol–water partition coefficient (Wildman–Crippen LogP) is 12.2. The number of nitrogens with one attached hydrogen (secondary N) is 1. The lowest BCUT2D eigenvalue weighted by molar-refractivity contribution is 0.976. The van der Waals surface area contributed by atoms with Crippen molar-refractivity contribution in [2.75, 3.05) is 6.54 Å². The Kier molecular flexibility index (Phi) is 9.55.